The van der Waals surface area contributed by atoms with Gasteiger partial charge in [-0.25, -0.2) is 0 Å². The summed E-state index contributed by atoms with van der Waals surface area (Å²) in [5, 5.41) is 6.61. The van der Waals surface area contributed by atoms with E-state index in [9.17, 15) is 0 Å². The quantitative estimate of drug-likeness (QED) is 0.583. The average Bonchev–Trinajstić information content (AvgIpc) is 1.80. The molecule has 1 heterocycles. The van der Waals surface area contributed by atoms with Gasteiger partial charge in [0.2, 0.25) is 0 Å². The van der Waals surface area contributed by atoms with Crippen LogP contribution < -0.4 is 10.6 Å². The van der Waals surface area contributed by atoms with E-state index in [1.807, 2.05) is 0 Å². The van der Waals surface area contributed by atoms with E-state index in [1.165, 1.54) is 0 Å². The summed E-state index contributed by atoms with van der Waals surface area (Å²) in [6.07, 6.45) is 0.441. The fourth-order valence-corrected chi connectivity index (χ4v) is 1.03. The van der Waals surface area contributed by atoms with Gasteiger partial charge in [0.05, 0.1) is 0 Å². The van der Waals surface area contributed by atoms with Gasteiger partial charge < -0.3 is 10.6 Å². The third-order valence-corrected chi connectivity index (χ3v) is 1.91. The van der Waals surface area contributed by atoms with E-state index in [-0.39, 0.29) is 32.7 Å². The van der Waals surface area contributed by atoms with Crippen molar-refractivity contribution in [3.8, 4) is 0 Å². The Labute approximate surface area is 88.4 Å². The summed E-state index contributed by atoms with van der Waals surface area (Å²) in [5.74, 6) is 0.640. The first-order valence-electron chi connectivity index (χ1n) is 3.55. The zero-order valence-corrected chi connectivity index (χ0v) is 9.73. The van der Waals surface area contributed by atoms with Crippen LogP contribution in [0.1, 0.15) is 20.8 Å². The molecule has 0 saturated carbocycles. The smallest absolute Gasteiger partial charge is 0.0273 e. The number of hydrogen-bond acceptors (Lipinski definition) is 2. The predicted molar refractivity (Wildman–Crippen MR) is 38.7 cm³/mol. The molecule has 0 aliphatic carbocycles. The molecule has 57 valence electrons. The van der Waals surface area contributed by atoms with E-state index in [0.717, 1.165) is 0 Å². The van der Waals surface area contributed by atoms with Crippen molar-refractivity contribution in [1.29, 1.82) is 0 Å². The second kappa shape index (κ2) is 4.81. The Kier molecular flexibility index (Phi) is 5.30. The molecule has 0 spiro atoms. The van der Waals surface area contributed by atoms with Crippen LogP contribution in [0, 0.1) is 12.5 Å². The summed E-state index contributed by atoms with van der Waals surface area (Å²) in [6, 6.07) is 0.612. The van der Waals surface area contributed by atoms with Crippen LogP contribution in [-0.4, -0.2) is 12.2 Å². The molecule has 1 radical (unpaired) electrons. The Balaban J connectivity index is 0.000000810. The maximum atomic E-state index is 3.39. The molecule has 1 fully saturated rings. The van der Waals surface area contributed by atoms with Gasteiger partial charge in [-0.15, -0.1) is 5.92 Å². The van der Waals surface area contributed by atoms with E-state index in [4.69, 9.17) is 0 Å². The van der Waals surface area contributed by atoms with Crippen LogP contribution in [0.2, 0.25) is 0 Å². The van der Waals surface area contributed by atoms with Crippen LogP contribution in [0.3, 0.4) is 0 Å². The van der Waals surface area contributed by atoms with Gasteiger partial charge in [0, 0.05) is 38.9 Å². The first-order chi connectivity index (χ1) is 4.20. The van der Waals surface area contributed by atoms with Crippen molar-refractivity contribution in [2.45, 2.75) is 33.0 Å². The zero-order valence-electron chi connectivity index (χ0n) is 6.89. The molecule has 0 aromatic carbocycles. The summed E-state index contributed by atoms with van der Waals surface area (Å²) < 4.78 is 0. The maximum Gasteiger partial charge on any atom is 0.0273 e. The average molecular weight is 216 g/mol. The molecule has 3 heteroatoms. The van der Waals surface area contributed by atoms with Crippen molar-refractivity contribution in [3.63, 3.8) is 0 Å². The molecule has 10 heavy (non-hydrogen) atoms. The number of rotatable bonds is 0. The van der Waals surface area contributed by atoms with Gasteiger partial charge in [-0.1, -0.05) is 13.8 Å². The summed E-state index contributed by atoms with van der Waals surface area (Å²) in [6.45, 7) is 8.69. The van der Waals surface area contributed by atoms with Crippen LogP contribution in [-0.2, 0) is 32.7 Å². The Morgan fingerprint density at radius 3 is 2.20 bits per heavy atom. The SMILES string of the molecule is C[C@H]1N[CH-][C@@H](C)[C@@H](C)N1.[Y]. The molecular weight excluding hydrogens is 201 g/mol. The fourth-order valence-electron chi connectivity index (χ4n) is 1.03. The molecule has 1 aliphatic rings. The molecule has 2 nitrogen and oxygen atoms in total. The summed E-state index contributed by atoms with van der Waals surface area (Å²) in [7, 11) is 0. The first kappa shape index (κ1) is 11.0. The Morgan fingerprint density at radius 1 is 1.20 bits per heavy atom. The Bertz CT molecular complexity index is 97.6. The molecule has 0 aromatic rings. The minimum Gasteiger partial charge on any atom is -0.455 e. The van der Waals surface area contributed by atoms with E-state index in [1.54, 1.807) is 0 Å². The van der Waals surface area contributed by atoms with E-state index in [0.29, 0.717) is 18.1 Å². The molecule has 0 aromatic heterocycles. The van der Waals surface area contributed by atoms with E-state index >= 15 is 0 Å². The second-order valence-electron chi connectivity index (χ2n) is 2.87. The molecule has 2 N–H and O–H groups in total. The van der Waals surface area contributed by atoms with Gasteiger partial charge in [0.25, 0.3) is 0 Å². The van der Waals surface area contributed by atoms with Crippen LogP contribution in [0.5, 0.6) is 0 Å². The largest absolute Gasteiger partial charge is 0.455 e. The van der Waals surface area contributed by atoms with Gasteiger partial charge in [0.15, 0.2) is 0 Å². The van der Waals surface area contributed by atoms with E-state index < -0.39 is 0 Å². The van der Waals surface area contributed by atoms with Crippen molar-refractivity contribution in [2.75, 3.05) is 0 Å². The maximum absolute atomic E-state index is 3.39. The molecule has 0 bridgehead atoms. The second-order valence-corrected chi connectivity index (χ2v) is 2.87. The van der Waals surface area contributed by atoms with Gasteiger partial charge >= 0.3 is 0 Å². The Morgan fingerprint density at radius 2 is 1.80 bits per heavy atom. The monoisotopic (exact) mass is 216 g/mol. The van der Waals surface area contributed by atoms with E-state index in [2.05, 4.69) is 37.9 Å². The summed E-state index contributed by atoms with van der Waals surface area (Å²) in [4.78, 5) is 0. The van der Waals surface area contributed by atoms with Crippen molar-refractivity contribution in [3.05, 3.63) is 6.54 Å². The van der Waals surface area contributed by atoms with Gasteiger partial charge in [-0.05, 0) is 13.0 Å². The van der Waals surface area contributed by atoms with Crippen LogP contribution in [0.15, 0.2) is 0 Å². The molecule has 0 unspecified atom stereocenters. The fraction of sp³-hybridized carbons (Fsp3) is 0.857. The summed E-state index contributed by atoms with van der Waals surface area (Å²) in [5.41, 5.74) is 0. The summed E-state index contributed by atoms with van der Waals surface area (Å²) >= 11 is 0. The van der Waals surface area contributed by atoms with Crippen LogP contribution in [0.25, 0.3) is 0 Å². The third-order valence-electron chi connectivity index (χ3n) is 1.91. The first-order valence-corrected chi connectivity index (χ1v) is 3.55. The molecule has 1 rings (SSSR count). The molecule has 1 saturated heterocycles. The number of hydrogen-bond donors (Lipinski definition) is 2. The minimum absolute atomic E-state index is 0. The molecular formula is C7H15N2Y-. The molecule has 1 aliphatic heterocycles. The topological polar surface area (TPSA) is 24.1 Å². The van der Waals surface area contributed by atoms with Crippen molar-refractivity contribution in [1.82, 2.24) is 10.6 Å². The third kappa shape index (κ3) is 2.95. The van der Waals surface area contributed by atoms with Crippen molar-refractivity contribution >= 4 is 0 Å². The normalized spacial score (nSPS) is 40.5. The van der Waals surface area contributed by atoms with Crippen LogP contribution in [0.4, 0.5) is 0 Å². The van der Waals surface area contributed by atoms with Crippen molar-refractivity contribution in [2.24, 2.45) is 5.92 Å². The standard InChI is InChI=1S/C7H15N2.Y/c1-5-4-8-7(3)9-6(5)2;/h4-9H,1-3H3;/q-1;/t5-,6-,7+;/m1./s1. The zero-order chi connectivity index (χ0) is 6.85. The molecule has 3 atom stereocenters. The van der Waals surface area contributed by atoms with Crippen LogP contribution >= 0.6 is 0 Å². The predicted octanol–water partition coefficient (Wildman–Crippen LogP) is 0.709. The minimum atomic E-state index is 0. The van der Waals surface area contributed by atoms with Gasteiger partial charge in [0.1, 0.15) is 0 Å². The van der Waals surface area contributed by atoms with Gasteiger partial charge in [-0.2, -0.15) is 0 Å². The Hall–Kier alpha value is 1.02. The van der Waals surface area contributed by atoms with Crippen molar-refractivity contribution < 1.29 is 32.7 Å². The molecule has 0 amide bonds. The number of nitrogens with one attached hydrogen (secondary N) is 2. The van der Waals surface area contributed by atoms with Gasteiger partial charge in [-0.3, -0.25) is 6.54 Å².